The zero-order valence-electron chi connectivity index (χ0n) is 37.7. The monoisotopic (exact) mass is 914 g/mol. The normalized spacial score (nSPS) is 21.2. The smallest absolute Gasteiger partial charge is 0.186 e. The summed E-state index contributed by atoms with van der Waals surface area (Å²) in [5, 5.41) is 44.6. The van der Waals surface area contributed by atoms with Crippen molar-refractivity contribution in [2.24, 2.45) is 0 Å². The molecule has 0 radical (unpaired) electrons. The van der Waals surface area contributed by atoms with E-state index >= 15 is 0 Å². The number of rotatable bonds is 26. The molecule has 0 saturated carbocycles. The number of ether oxygens (including phenoxy) is 8. The summed E-state index contributed by atoms with van der Waals surface area (Å²) in [6.45, 7) is -0.264. The summed E-state index contributed by atoms with van der Waals surface area (Å²) in [6, 6.07) is 57.7. The van der Waals surface area contributed by atoms with Gasteiger partial charge in [0.2, 0.25) is 0 Å². The molecule has 7 rings (SSSR count). The van der Waals surface area contributed by atoms with Gasteiger partial charge in [-0.2, -0.15) is 0 Å². The second-order valence-electron chi connectivity index (χ2n) is 16.5. The third kappa shape index (κ3) is 14.4. The Balaban J connectivity index is 1.37. The Morgan fingerprint density at radius 1 is 0.418 bits per heavy atom. The van der Waals surface area contributed by atoms with Gasteiger partial charge in [0, 0.05) is 7.11 Å². The summed E-state index contributed by atoms with van der Waals surface area (Å²) in [6.07, 6.45) is -14.2. The lowest BCUT2D eigenvalue weighted by Crippen LogP contribution is -2.67. The van der Waals surface area contributed by atoms with Gasteiger partial charge >= 0.3 is 0 Å². The van der Waals surface area contributed by atoms with Gasteiger partial charge in [0.15, 0.2) is 6.29 Å². The van der Waals surface area contributed by atoms with Crippen LogP contribution in [0.5, 0.6) is 0 Å². The summed E-state index contributed by atoms with van der Waals surface area (Å²) in [4.78, 5) is 0. The van der Waals surface area contributed by atoms with E-state index in [9.17, 15) is 20.4 Å². The van der Waals surface area contributed by atoms with Crippen molar-refractivity contribution in [3.8, 4) is 0 Å². The van der Waals surface area contributed by atoms with Crippen molar-refractivity contribution >= 4 is 0 Å². The van der Waals surface area contributed by atoms with Crippen LogP contribution < -0.4 is 0 Å². The molecule has 0 bridgehead atoms. The lowest BCUT2D eigenvalue weighted by Gasteiger charge is -2.49. The fraction of sp³-hybridized carbons (Fsp3) is 0.345. The van der Waals surface area contributed by atoms with E-state index in [1.165, 1.54) is 7.11 Å². The maximum Gasteiger partial charge on any atom is 0.186 e. The van der Waals surface area contributed by atoms with E-state index < -0.39 is 73.9 Å². The quantitative estimate of drug-likeness (QED) is 0.0446. The molecule has 12 heteroatoms. The molecule has 1 saturated heterocycles. The summed E-state index contributed by atoms with van der Waals surface area (Å²) < 4.78 is 54.6. The molecule has 1 heterocycles. The fourth-order valence-corrected chi connectivity index (χ4v) is 8.12. The first-order valence-electron chi connectivity index (χ1n) is 22.7. The molecule has 12 nitrogen and oxygen atoms in total. The molecule has 1 aliphatic heterocycles. The maximum atomic E-state index is 12.2. The molecule has 0 amide bonds. The van der Waals surface area contributed by atoms with Crippen LogP contribution in [0.3, 0.4) is 0 Å². The Morgan fingerprint density at radius 2 is 0.761 bits per heavy atom. The van der Waals surface area contributed by atoms with E-state index in [0.29, 0.717) is 0 Å². The molecule has 4 N–H and O–H groups in total. The molecule has 67 heavy (non-hydrogen) atoms. The van der Waals surface area contributed by atoms with Crippen LogP contribution in [0.25, 0.3) is 0 Å². The van der Waals surface area contributed by atoms with Gasteiger partial charge < -0.3 is 58.3 Å². The number of methoxy groups -OCH3 is 1. The van der Waals surface area contributed by atoms with Crippen molar-refractivity contribution in [1.82, 2.24) is 0 Å². The predicted octanol–water partition coefficient (Wildman–Crippen LogP) is 6.95. The number of hydrogen-bond donors (Lipinski definition) is 4. The van der Waals surface area contributed by atoms with Crippen LogP contribution >= 0.6 is 0 Å². The van der Waals surface area contributed by atoms with Crippen LogP contribution in [0.4, 0.5) is 0 Å². The van der Waals surface area contributed by atoms with Crippen molar-refractivity contribution < 1.29 is 58.3 Å². The lowest BCUT2D eigenvalue weighted by atomic mass is 9.87. The third-order valence-electron chi connectivity index (χ3n) is 11.7. The summed E-state index contributed by atoms with van der Waals surface area (Å²) in [5.41, 5.74) is 5.13. The van der Waals surface area contributed by atoms with Crippen molar-refractivity contribution in [2.75, 3.05) is 13.7 Å². The molecule has 1 fully saturated rings. The maximum absolute atomic E-state index is 12.2. The highest BCUT2D eigenvalue weighted by Crippen LogP contribution is 2.36. The average Bonchev–Trinajstić information content (AvgIpc) is 3.39. The van der Waals surface area contributed by atoms with Crippen molar-refractivity contribution in [3.63, 3.8) is 0 Å². The fourth-order valence-electron chi connectivity index (χ4n) is 8.12. The van der Waals surface area contributed by atoms with Gasteiger partial charge in [0.05, 0.1) is 46.2 Å². The first kappa shape index (κ1) is 49.7. The van der Waals surface area contributed by atoms with Crippen LogP contribution in [-0.4, -0.2) is 101 Å². The predicted molar refractivity (Wildman–Crippen MR) is 251 cm³/mol. The van der Waals surface area contributed by atoms with Crippen LogP contribution in [0.2, 0.25) is 0 Å². The summed E-state index contributed by atoms with van der Waals surface area (Å²) >= 11 is 0. The van der Waals surface area contributed by atoms with Crippen molar-refractivity contribution in [1.29, 1.82) is 0 Å². The van der Waals surface area contributed by atoms with Crippen molar-refractivity contribution in [2.45, 2.75) is 107 Å². The topological polar surface area (TPSA) is 155 Å². The molecular weight excluding hydrogens is 853 g/mol. The standard InChI is InChI=1S/C55H62O12/c1-60-55-54(66-38-44-30-18-7-19-31-44)52(65-37-43-28-16-6-17-29-43)51(64-36-42-26-14-5-15-27-42)53(67-55)50(63-35-41-24-12-4-13-25-41)49(62-34-40-22-10-3-11-23-40)48(47(59)46(58)45(57)32-56)61-33-39-20-8-2-9-21-39/h2-31,45-59H,32-38H2,1H3/t45-,46-,47+,48+,49-,50-,51+,52+,53-,54-,55+/m1/s1. The minimum atomic E-state index is -1.87. The molecular formula is C55H62O12. The van der Waals surface area contributed by atoms with Gasteiger partial charge in [-0.25, -0.2) is 0 Å². The van der Waals surface area contributed by atoms with E-state index in [1.54, 1.807) is 0 Å². The minimum Gasteiger partial charge on any atom is -0.394 e. The van der Waals surface area contributed by atoms with Gasteiger partial charge in [0.1, 0.15) is 61.0 Å². The average molecular weight is 915 g/mol. The molecule has 0 aliphatic carbocycles. The molecule has 0 aromatic heterocycles. The van der Waals surface area contributed by atoms with Crippen LogP contribution in [0.1, 0.15) is 33.4 Å². The highest BCUT2D eigenvalue weighted by Gasteiger charge is 2.55. The molecule has 354 valence electrons. The van der Waals surface area contributed by atoms with Gasteiger partial charge in [0.25, 0.3) is 0 Å². The zero-order valence-corrected chi connectivity index (χ0v) is 37.7. The van der Waals surface area contributed by atoms with Gasteiger partial charge in [-0.05, 0) is 33.4 Å². The number of benzene rings is 6. The Labute approximate surface area is 393 Å². The number of aliphatic hydroxyl groups excluding tert-OH is 4. The largest absolute Gasteiger partial charge is 0.394 e. The van der Waals surface area contributed by atoms with Gasteiger partial charge in [-0.3, -0.25) is 0 Å². The van der Waals surface area contributed by atoms with Crippen molar-refractivity contribution in [3.05, 3.63) is 215 Å². The molecule has 1 aliphatic rings. The molecule has 6 aromatic carbocycles. The summed E-state index contributed by atoms with van der Waals surface area (Å²) in [5.74, 6) is 0. The Kier molecular flexibility index (Phi) is 19.6. The first-order chi connectivity index (χ1) is 32.9. The van der Waals surface area contributed by atoms with E-state index in [2.05, 4.69) is 0 Å². The van der Waals surface area contributed by atoms with E-state index in [4.69, 9.17) is 37.9 Å². The van der Waals surface area contributed by atoms with E-state index in [-0.39, 0.29) is 39.6 Å². The van der Waals surface area contributed by atoms with E-state index in [1.807, 2.05) is 182 Å². The SMILES string of the molecule is CO[C@H]1O[C@H]([C@H](OCc2ccccc2)[C@H](OCc2ccccc2)[C@@H](OCc2ccccc2)[C@@H](O)[C@H](O)[C@H](O)CO)[C@@H](OCc2ccccc2)[C@H](OCc2ccccc2)[C@H]1OCc1ccccc1. The Hall–Kier alpha value is -5.16. The first-order valence-corrected chi connectivity index (χ1v) is 22.7. The van der Waals surface area contributed by atoms with Crippen LogP contribution in [-0.2, 0) is 77.5 Å². The third-order valence-corrected chi connectivity index (χ3v) is 11.7. The molecule has 11 atom stereocenters. The second-order valence-corrected chi connectivity index (χ2v) is 16.5. The zero-order chi connectivity index (χ0) is 46.6. The molecule has 0 spiro atoms. The van der Waals surface area contributed by atoms with Crippen LogP contribution in [0.15, 0.2) is 182 Å². The van der Waals surface area contributed by atoms with Gasteiger partial charge in [-0.1, -0.05) is 182 Å². The summed E-state index contributed by atoms with van der Waals surface area (Å²) in [7, 11) is 1.53. The van der Waals surface area contributed by atoms with Gasteiger partial charge in [-0.15, -0.1) is 0 Å². The molecule has 0 unspecified atom stereocenters. The molecule has 6 aromatic rings. The lowest BCUT2D eigenvalue weighted by molar-refractivity contribution is -0.342. The highest BCUT2D eigenvalue weighted by atomic mass is 16.7. The number of hydrogen-bond acceptors (Lipinski definition) is 12. The Bertz CT molecular complexity index is 2230. The van der Waals surface area contributed by atoms with Crippen LogP contribution in [0, 0.1) is 0 Å². The van der Waals surface area contributed by atoms with E-state index in [0.717, 1.165) is 33.4 Å². The second kappa shape index (κ2) is 26.4. The highest BCUT2D eigenvalue weighted by molar-refractivity contribution is 5.19. The minimum absolute atomic E-state index is 0.0139. The Morgan fingerprint density at radius 3 is 1.15 bits per heavy atom. The number of aliphatic hydroxyl groups is 4.